The van der Waals surface area contributed by atoms with Crippen molar-refractivity contribution in [3.8, 4) is 0 Å². The molecule has 1 aliphatic rings. The van der Waals surface area contributed by atoms with Gasteiger partial charge in [0.2, 0.25) is 0 Å². The van der Waals surface area contributed by atoms with Crippen LogP contribution in [0, 0.1) is 10.5 Å². The lowest BCUT2D eigenvalue weighted by Crippen LogP contribution is -2.56. The molecule has 0 aromatic rings. The van der Waals surface area contributed by atoms with Crippen molar-refractivity contribution in [3.63, 3.8) is 0 Å². The summed E-state index contributed by atoms with van der Waals surface area (Å²) in [6.45, 7) is 8.36. The number of hydrogen-bond donors (Lipinski definition) is 2. The van der Waals surface area contributed by atoms with Gasteiger partial charge < -0.3 is 5.21 Å². The predicted molar refractivity (Wildman–Crippen MR) is 51.7 cm³/mol. The van der Waals surface area contributed by atoms with Gasteiger partial charge in [0.15, 0.2) is 0 Å². The van der Waals surface area contributed by atoms with E-state index in [1.165, 1.54) is 11.5 Å². The second-order valence-corrected chi connectivity index (χ2v) is 4.79. The van der Waals surface area contributed by atoms with E-state index in [0.29, 0.717) is 0 Å². The molecule has 0 atom stereocenters. The van der Waals surface area contributed by atoms with Crippen LogP contribution < -0.4 is 0 Å². The van der Waals surface area contributed by atoms with Gasteiger partial charge in [-0.3, -0.25) is 0 Å². The first kappa shape index (κ1) is 12.5. The Balaban J connectivity index is 0.000000671. The highest BCUT2D eigenvalue weighted by Crippen LogP contribution is 2.35. The van der Waals surface area contributed by atoms with E-state index >= 15 is 0 Å². The molecule has 13 heavy (non-hydrogen) atoms. The van der Waals surface area contributed by atoms with E-state index in [1.807, 2.05) is 0 Å². The van der Waals surface area contributed by atoms with E-state index in [-0.39, 0.29) is 11.1 Å². The zero-order chi connectivity index (χ0) is 10.7. The number of piperidine rings is 1. The third kappa shape index (κ3) is 2.74. The zero-order valence-corrected chi connectivity index (χ0v) is 8.92. The van der Waals surface area contributed by atoms with E-state index in [0.717, 1.165) is 12.8 Å². The maximum absolute atomic E-state index is 9.80. The van der Waals surface area contributed by atoms with Crippen LogP contribution >= 0.6 is 0 Å². The van der Waals surface area contributed by atoms with E-state index in [4.69, 9.17) is 4.91 Å². The fourth-order valence-corrected chi connectivity index (χ4v) is 1.98. The molecule has 1 saturated heterocycles. The standard InChI is InChI=1S/C9H19NO.HNO/c1-8(2)6-5-7-9(3,4)10(8)11;1-2/h11H,5-7H2,1-4H3;1H. The third-order valence-corrected chi connectivity index (χ3v) is 2.72. The van der Waals surface area contributed by atoms with Gasteiger partial charge in [0.25, 0.3) is 0 Å². The zero-order valence-electron chi connectivity index (χ0n) is 8.92. The van der Waals surface area contributed by atoms with Crippen molar-refractivity contribution in [2.24, 2.45) is 0 Å². The number of nitrogens with zero attached hydrogens (tertiary/aromatic N) is 1. The van der Waals surface area contributed by atoms with Crippen LogP contribution in [0.1, 0.15) is 47.0 Å². The first-order valence-electron chi connectivity index (χ1n) is 4.56. The summed E-state index contributed by atoms with van der Waals surface area (Å²) in [6.07, 6.45) is 3.40. The summed E-state index contributed by atoms with van der Waals surface area (Å²) in [7, 11) is 0. The molecule has 0 aliphatic carbocycles. The van der Waals surface area contributed by atoms with Crippen molar-refractivity contribution in [1.29, 1.82) is 5.59 Å². The number of nitroso groups, excluding NO2 is 1. The first-order valence-corrected chi connectivity index (χ1v) is 4.56. The normalized spacial score (nSPS) is 25.9. The van der Waals surface area contributed by atoms with E-state index in [9.17, 15) is 5.21 Å². The monoisotopic (exact) mass is 188 g/mol. The second kappa shape index (κ2) is 4.15. The molecule has 78 valence electrons. The Morgan fingerprint density at radius 3 is 1.62 bits per heavy atom. The molecule has 2 N–H and O–H groups in total. The molecular formula is C9H20N2O2. The lowest BCUT2D eigenvalue weighted by atomic mass is 9.82. The summed E-state index contributed by atoms with van der Waals surface area (Å²) in [5.41, 5.74) is 4.42. The van der Waals surface area contributed by atoms with Gasteiger partial charge in [0.05, 0.1) is 0 Å². The number of hydroxylamine groups is 2. The molecule has 1 fully saturated rings. The van der Waals surface area contributed by atoms with Crippen LogP contribution in [-0.4, -0.2) is 21.3 Å². The topological polar surface area (TPSA) is 64.4 Å². The molecule has 4 heteroatoms. The molecule has 0 saturated carbocycles. The van der Waals surface area contributed by atoms with E-state index < -0.39 is 0 Å². The summed E-state index contributed by atoms with van der Waals surface area (Å²) in [6, 6.07) is 0. The minimum Gasteiger partial charge on any atom is -0.313 e. The van der Waals surface area contributed by atoms with Crippen molar-refractivity contribution in [1.82, 2.24) is 5.06 Å². The molecular weight excluding hydrogens is 168 g/mol. The van der Waals surface area contributed by atoms with Crippen LogP contribution in [0.15, 0.2) is 0 Å². The smallest absolute Gasteiger partial charge is 0.0410 e. The van der Waals surface area contributed by atoms with Gasteiger partial charge in [-0.15, -0.1) is 0 Å². The van der Waals surface area contributed by atoms with Gasteiger partial charge in [0, 0.05) is 11.1 Å². The number of nitrogens with one attached hydrogen (secondary N) is 1. The molecule has 1 heterocycles. The van der Waals surface area contributed by atoms with Crippen molar-refractivity contribution in [2.75, 3.05) is 0 Å². The maximum atomic E-state index is 9.80. The van der Waals surface area contributed by atoms with Gasteiger partial charge >= 0.3 is 0 Å². The summed E-state index contributed by atoms with van der Waals surface area (Å²) >= 11 is 0. The van der Waals surface area contributed by atoms with E-state index in [2.05, 4.69) is 33.3 Å². The Morgan fingerprint density at radius 2 is 1.38 bits per heavy atom. The minimum absolute atomic E-state index is 0.0399. The Morgan fingerprint density at radius 1 is 1.08 bits per heavy atom. The Bertz CT molecular complexity index is 153. The van der Waals surface area contributed by atoms with Crippen molar-refractivity contribution < 1.29 is 5.21 Å². The van der Waals surface area contributed by atoms with Crippen molar-refractivity contribution in [3.05, 3.63) is 4.91 Å². The molecule has 0 unspecified atom stereocenters. The maximum Gasteiger partial charge on any atom is 0.0410 e. The summed E-state index contributed by atoms with van der Waals surface area (Å²) in [5.74, 6) is 0. The van der Waals surface area contributed by atoms with Crippen LogP contribution in [0.2, 0.25) is 0 Å². The van der Waals surface area contributed by atoms with Crippen LogP contribution in [0.3, 0.4) is 0 Å². The molecule has 1 rings (SSSR count). The van der Waals surface area contributed by atoms with Gasteiger partial charge in [-0.25, -0.2) is 0 Å². The summed E-state index contributed by atoms with van der Waals surface area (Å²) in [5, 5.41) is 11.3. The predicted octanol–water partition coefficient (Wildman–Crippen LogP) is 2.75. The highest BCUT2D eigenvalue weighted by Gasteiger charge is 2.40. The molecule has 0 aromatic heterocycles. The number of hydrogen-bond acceptors (Lipinski definition) is 4. The van der Waals surface area contributed by atoms with E-state index in [1.54, 1.807) is 0 Å². The average Bonchev–Trinajstić information content (AvgIpc) is 2.04. The molecule has 0 aromatic carbocycles. The van der Waals surface area contributed by atoms with Crippen LogP contribution in [0.4, 0.5) is 0 Å². The van der Waals surface area contributed by atoms with Gasteiger partial charge in [-0.1, -0.05) is 5.59 Å². The van der Waals surface area contributed by atoms with Crippen LogP contribution in [0.25, 0.3) is 0 Å². The SMILES string of the molecule is CC1(C)CCCC(C)(C)N1O.N=O. The minimum atomic E-state index is -0.0399. The fraction of sp³-hybridized carbons (Fsp3) is 1.00. The second-order valence-electron chi connectivity index (χ2n) is 4.79. The molecule has 0 spiro atoms. The highest BCUT2D eigenvalue weighted by atomic mass is 16.5. The lowest BCUT2D eigenvalue weighted by molar-refractivity contribution is -0.241. The van der Waals surface area contributed by atoms with Crippen LogP contribution in [0.5, 0.6) is 0 Å². The van der Waals surface area contributed by atoms with Crippen molar-refractivity contribution >= 4 is 0 Å². The lowest BCUT2D eigenvalue weighted by Gasteiger charge is -2.48. The average molecular weight is 188 g/mol. The van der Waals surface area contributed by atoms with Crippen LogP contribution in [-0.2, 0) is 0 Å². The Hall–Kier alpha value is -0.480. The Kier molecular flexibility index (Phi) is 4.00. The quantitative estimate of drug-likeness (QED) is 0.574. The first-order chi connectivity index (χ1) is 5.86. The van der Waals surface area contributed by atoms with Gasteiger partial charge in [-0.05, 0) is 47.0 Å². The molecule has 0 radical (unpaired) electrons. The highest BCUT2D eigenvalue weighted by molar-refractivity contribution is 4.91. The fourth-order valence-electron chi connectivity index (χ4n) is 1.98. The molecule has 1 aliphatic heterocycles. The third-order valence-electron chi connectivity index (χ3n) is 2.72. The van der Waals surface area contributed by atoms with Gasteiger partial charge in [0.1, 0.15) is 0 Å². The number of rotatable bonds is 0. The molecule has 4 nitrogen and oxygen atoms in total. The summed E-state index contributed by atoms with van der Waals surface area (Å²) < 4.78 is 0. The summed E-state index contributed by atoms with van der Waals surface area (Å²) in [4.78, 5) is 7.50. The molecule has 0 bridgehead atoms. The van der Waals surface area contributed by atoms with Gasteiger partial charge in [-0.2, -0.15) is 9.97 Å². The molecule has 0 amide bonds. The van der Waals surface area contributed by atoms with Crippen molar-refractivity contribution in [2.45, 2.75) is 58.0 Å². The largest absolute Gasteiger partial charge is 0.313 e. The Labute approximate surface area is 79.7 Å².